The number of pyridine rings is 1. The standard InChI is InChI=1S/C7H8BrFN2.ClH/c1-4(10)6-2-5(9)3-11-7(6)8;/h2-4H,10H2,1H3;1H/t4-;/m0./s1. The molecule has 2 nitrogen and oxygen atoms in total. The van der Waals surface area contributed by atoms with Gasteiger partial charge in [-0.1, -0.05) is 0 Å². The molecule has 1 heterocycles. The fraction of sp³-hybridized carbons (Fsp3) is 0.286. The Morgan fingerprint density at radius 1 is 1.67 bits per heavy atom. The van der Waals surface area contributed by atoms with Gasteiger partial charge >= 0.3 is 0 Å². The van der Waals surface area contributed by atoms with Crippen LogP contribution in [0.15, 0.2) is 16.9 Å². The number of nitrogens with zero attached hydrogens (tertiary/aromatic N) is 1. The third-order valence-corrected chi connectivity index (χ3v) is 1.99. The van der Waals surface area contributed by atoms with E-state index < -0.39 is 0 Å². The molecule has 0 radical (unpaired) electrons. The Kier molecular flexibility index (Phi) is 4.67. The van der Waals surface area contributed by atoms with Crippen LogP contribution in [0.3, 0.4) is 0 Å². The predicted molar refractivity (Wildman–Crippen MR) is 51.7 cm³/mol. The molecule has 12 heavy (non-hydrogen) atoms. The van der Waals surface area contributed by atoms with Crippen molar-refractivity contribution < 1.29 is 4.39 Å². The lowest BCUT2D eigenvalue weighted by molar-refractivity contribution is 0.613. The third kappa shape index (κ3) is 2.69. The number of hydrogen-bond donors (Lipinski definition) is 1. The van der Waals surface area contributed by atoms with Crippen LogP contribution in [0.2, 0.25) is 0 Å². The first-order chi connectivity index (χ1) is 5.11. The second kappa shape index (κ2) is 4.74. The van der Waals surface area contributed by atoms with Crippen molar-refractivity contribution in [2.45, 2.75) is 13.0 Å². The maximum atomic E-state index is 12.6. The summed E-state index contributed by atoms with van der Waals surface area (Å²) >= 11 is 3.17. The Morgan fingerprint density at radius 2 is 2.25 bits per heavy atom. The molecule has 0 spiro atoms. The Hall–Kier alpha value is -0.190. The molecule has 1 atom stereocenters. The molecule has 0 saturated carbocycles. The Bertz CT molecular complexity index is 268. The van der Waals surface area contributed by atoms with Crippen LogP contribution in [0.1, 0.15) is 18.5 Å². The van der Waals surface area contributed by atoms with E-state index in [0.717, 1.165) is 6.20 Å². The smallest absolute Gasteiger partial charge is 0.141 e. The van der Waals surface area contributed by atoms with E-state index in [-0.39, 0.29) is 24.3 Å². The van der Waals surface area contributed by atoms with E-state index in [1.165, 1.54) is 6.07 Å². The van der Waals surface area contributed by atoms with Gasteiger partial charge in [-0.3, -0.25) is 0 Å². The molecular formula is C7H9BrClFN2. The fourth-order valence-electron chi connectivity index (χ4n) is 0.758. The second-order valence-electron chi connectivity index (χ2n) is 2.32. The third-order valence-electron chi connectivity index (χ3n) is 1.32. The quantitative estimate of drug-likeness (QED) is 0.783. The van der Waals surface area contributed by atoms with Crippen molar-refractivity contribution in [1.29, 1.82) is 0 Å². The monoisotopic (exact) mass is 254 g/mol. The van der Waals surface area contributed by atoms with Gasteiger partial charge in [-0.15, -0.1) is 12.4 Å². The molecule has 5 heteroatoms. The van der Waals surface area contributed by atoms with Gasteiger partial charge in [0.05, 0.1) is 6.20 Å². The maximum Gasteiger partial charge on any atom is 0.141 e. The van der Waals surface area contributed by atoms with Crippen molar-refractivity contribution in [2.75, 3.05) is 0 Å². The van der Waals surface area contributed by atoms with Crippen LogP contribution >= 0.6 is 28.3 Å². The summed E-state index contributed by atoms with van der Waals surface area (Å²) in [7, 11) is 0. The van der Waals surface area contributed by atoms with Crippen LogP contribution in [-0.2, 0) is 0 Å². The molecule has 0 bridgehead atoms. The Labute approximate surface area is 84.9 Å². The normalized spacial score (nSPS) is 12.0. The number of nitrogens with two attached hydrogens (primary N) is 1. The van der Waals surface area contributed by atoms with Gasteiger partial charge in [0.1, 0.15) is 10.4 Å². The van der Waals surface area contributed by atoms with Crippen molar-refractivity contribution in [1.82, 2.24) is 4.98 Å². The molecule has 0 amide bonds. The minimum atomic E-state index is -0.361. The minimum Gasteiger partial charge on any atom is -0.324 e. The van der Waals surface area contributed by atoms with Gasteiger partial charge in [0, 0.05) is 11.6 Å². The molecule has 0 fully saturated rings. The number of aromatic nitrogens is 1. The van der Waals surface area contributed by atoms with Gasteiger partial charge in [0.2, 0.25) is 0 Å². The minimum absolute atomic E-state index is 0. The number of halogens is 3. The highest BCUT2D eigenvalue weighted by Gasteiger charge is 2.06. The lowest BCUT2D eigenvalue weighted by Crippen LogP contribution is -2.06. The van der Waals surface area contributed by atoms with Crippen LogP contribution in [-0.4, -0.2) is 4.98 Å². The summed E-state index contributed by atoms with van der Waals surface area (Å²) in [6.07, 6.45) is 1.15. The summed E-state index contributed by atoms with van der Waals surface area (Å²) in [5.41, 5.74) is 6.23. The van der Waals surface area contributed by atoms with Crippen LogP contribution < -0.4 is 5.73 Å². The largest absolute Gasteiger partial charge is 0.324 e. The number of rotatable bonds is 1. The topological polar surface area (TPSA) is 38.9 Å². The van der Waals surface area contributed by atoms with E-state index >= 15 is 0 Å². The van der Waals surface area contributed by atoms with Crippen molar-refractivity contribution in [3.05, 3.63) is 28.2 Å². The summed E-state index contributed by atoms with van der Waals surface area (Å²) in [6, 6.07) is 1.18. The molecular weight excluding hydrogens is 246 g/mol. The van der Waals surface area contributed by atoms with Gasteiger partial charge in [0.25, 0.3) is 0 Å². The first-order valence-corrected chi connectivity index (χ1v) is 3.97. The molecule has 1 aromatic rings. The highest BCUT2D eigenvalue weighted by molar-refractivity contribution is 9.10. The molecule has 2 N–H and O–H groups in total. The maximum absolute atomic E-state index is 12.6. The van der Waals surface area contributed by atoms with Gasteiger partial charge in [-0.2, -0.15) is 0 Å². The first kappa shape index (κ1) is 11.8. The molecule has 68 valence electrons. The van der Waals surface area contributed by atoms with E-state index in [1.807, 2.05) is 0 Å². The van der Waals surface area contributed by atoms with Crippen LogP contribution in [0.25, 0.3) is 0 Å². The lowest BCUT2D eigenvalue weighted by atomic mass is 10.2. The lowest BCUT2D eigenvalue weighted by Gasteiger charge is -2.06. The van der Waals surface area contributed by atoms with E-state index in [1.54, 1.807) is 6.92 Å². The molecule has 1 rings (SSSR count). The highest BCUT2D eigenvalue weighted by Crippen LogP contribution is 2.19. The zero-order chi connectivity index (χ0) is 8.43. The van der Waals surface area contributed by atoms with E-state index in [9.17, 15) is 4.39 Å². The zero-order valence-electron chi connectivity index (χ0n) is 6.42. The summed E-state index contributed by atoms with van der Waals surface area (Å²) in [5.74, 6) is -0.361. The highest BCUT2D eigenvalue weighted by atomic mass is 79.9. The fourth-order valence-corrected chi connectivity index (χ4v) is 1.34. The van der Waals surface area contributed by atoms with Gasteiger partial charge in [0.15, 0.2) is 0 Å². The van der Waals surface area contributed by atoms with E-state index in [4.69, 9.17) is 5.73 Å². The second-order valence-corrected chi connectivity index (χ2v) is 3.07. The predicted octanol–water partition coefficient (Wildman–Crippen LogP) is 2.42. The van der Waals surface area contributed by atoms with Gasteiger partial charge in [-0.25, -0.2) is 9.37 Å². The molecule has 0 aromatic carbocycles. The van der Waals surface area contributed by atoms with E-state index in [2.05, 4.69) is 20.9 Å². The molecule has 0 aliphatic carbocycles. The first-order valence-electron chi connectivity index (χ1n) is 3.18. The SMILES string of the molecule is C[C@H](N)c1cc(F)cnc1Br.Cl. The summed E-state index contributed by atoms with van der Waals surface area (Å²) < 4.78 is 13.2. The molecule has 1 aromatic heterocycles. The zero-order valence-corrected chi connectivity index (χ0v) is 8.82. The van der Waals surface area contributed by atoms with E-state index in [0.29, 0.717) is 10.2 Å². The van der Waals surface area contributed by atoms with Gasteiger partial charge < -0.3 is 5.73 Å². The molecule has 0 aliphatic rings. The summed E-state index contributed by atoms with van der Waals surface area (Å²) in [4.78, 5) is 3.76. The van der Waals surface area contributed by atoms with Crippen molar-refractivity contribution >= 4 is 28.3 Å². The van der Waals surface area contributed by atoms with Crippen LogP contribution in [0.5, 0.6) is 0 Å². The average molecular weight is 256 g/mol. The van der Waals surface area contributed by atoms with Crippen LogP contribution in [0, 0.1) is 5.82 Å². The Balaban J connectivity index is 0.00000121. The van der Waals surface area contributed by atoms with Crippen molar-refractivity contribution in [3.63, 3.8) is 0 Å². The molecule has 0 aliphatic heterocycles. The number of hydrogen-bond acceptors (Lipinski definition) is 2. The van der Waals surface area contributed by atoms with Crippen LogP contribution in [0.4, 0.5) is 4.39 Å². The molecule has 0 unspecified atom stereocenters. The van der Waals surface area contributed by atoms with Crippen molar-refractivity contribution in [3.8, 4) is 0 Å². The van der Waals surface area contributed by atoms with Crippen molar-refractivity contribution in [2.24, 2.45) is 5.73 Å². The average Bonchev–Trinajstić information content (AvgIpc) is 1.94. The summed E-state index contributed by atoms with van der Waals surface area (Å²) in [6.45, 7) is 1.78. The molecule has 0 saturated heterocycles. The Morgan fingerprint density at radius 3 is 2.67 bits per heavy atom. The van der Waals surface area contributed by atoms with Gasteiger partial charge in [-0.05, 0) is 28.9 Å². The summed E-state index contributed by atoms with van der Waals surface area (Å²) in [5, 5.41) is 0.